The van der Waals surface area contributed by atoms with Gasteiger partial charge in [-0.25, -0.2) is 9.97 Å². The first-order chi connectivity index (χ1) is 14.5. The number of thiophene rings is 1. The summed E-state index contributed by atoms with van der Waals surface area (Å²) in [4.78, 5) is 25.3. The minimum absolute atomic E-state index is 0.0890. The van der Waals surface area contributed by atoms with Gasteiger partial charge in [-0.1, -0.05) is 55.5 Å². The van der Waals surface area contributed by atoms with E-state index in [1.807, 2.05) is 30.1 Å². The lowest BCUT2D eigenvalue weighted by Crippen LogP contribution is -2.24. The molecule has 0 saturated heterocycles. The van der Waals surface area contributed by atoms with Crippen LogP contribution in [0.15, 0.2) is 42.7 Å². The molecule has 0 unspecified atom stereocenters. The first-order valence-corrected chi connectivity index (χ1v) is 11.3. The van der Waals surface area contributed by atoms with Crippen LogP contribution in [0.4, 0.5) is 10.9 Å². The summed E-state index contributed by atoms with van der Waals surface area (Å²) in [5.41, 5.74) is 1.16. The standard InChI is InChI=1S/C21H22N6OS2/c1-13(2)19-25-26-21(30-19)24-17(28)9-10-27(3)18-15-11-16(14-7-5-4-6-8-14)29-20(15)23-12-22-18/h4-8,11-13H,9-10H2,1-3H3,(H,24,26,28). The van der Waals surface area contributed by atoms with Gasteiger partial charge < -0.3 is 10.2 Å². The number of fused-ring (bicyclic) bond motifs is 1. The minimum atomic E-state index is -0.0890. The van der Waals surface area contributed by atoms with Crippen molar-refractivity contribution in [1.82, 2.24) is 20.2 Å². The van der Waals surface area contributed by atoms with E-state index in [4.69, 9.17) is 0 Å². The van der Waals surface area contributed by atoms with Crippen molar-refractivity contribution in [1.29, 1.82) is 0 Å². The van der Waals surface area contributed by atoms with Crippen LogP contribution in [0.5, 0.6) is 0 Å². The zero-order valence-corrected chi connectivity index (χ0v) is 18.6. The number of carbonyl (C=O) groups is 1. The fourth-order valence-corrected chi connectivity index (χ4v) is 4.73. The highest BCUT2D eigenvalue weighted by Crippen LogP contribution is 2.35. The van der Waals surface area contributed by atoms with Crippen molar-refractivity contribution in [3.05, 3.63) is 47.7 Å². The second-order valence-electron chi connectivity index (χ2n) is 7.21. The van der Waals surface area contributed by atoms with E-state index in [-0.39, 0.29) is 5.91 Å². The Labute approximate surface area is 182 Å². The molecule has 0 aliphatic carbocycles. The van der Waals surface area contributed by atoms with Crippen LogP contribution in [-0.2, 0) is 4.79 Å². The summed E-state index contributed by atoms with van der Waals surface area (Å²) in [6.45, 7) is 4.64. The molecule has 30 heavy (non-hydrogen) atoms. The fourth-order valence-electron chi connectivity index (χ4n) is 2.97. The van der Waals surface area contributed by atoms with E-state index in [1.165, 1.54) is 11.3 Å². The lowest BCUT2D eigenvalue weighted by molar-refractivity contribution is -0.116. The van der Waals surface area contributed by atoms with E-state index in [0.717, 1.165) is 31.5 Å². The molecule has 4 aromatic rings. The Morgan fingerprint density at radius 3 is 2.67 bits per heavy atom. The van der Waals surface area contributed by atoms with Crippen LogP contribution in [0.1, 0.15) is 31.2 Å². The zero-order chi connectivity index (χ0) is 21.1. The number of amides is 1. The average molecular weight is 439 g/mol. The summed E-state index contributed by atoms with van der Waals surface area (Å²) in [6, 6.07) is 12.4. The SMILES string of the molecule is CC(C)c1nnc(NC(=O)CCN(C)c2ncnc3sc(-c4ccccc4)cc23)s1. The number of hydrogen-bond donors (Lipinski definition) is 1. The lowest BCUT2D eigenvalue weighted by atomic mass is 10.2. The van der Waals surface area contributed by atoms with E-state index in [9.17, 15) is 4.79 Å². The molecule has 0 aliphatic heterocycles. The lowest BCUT2D eigenvalue weighted by Gasteiger charge is -2.18. The normalized spacial score (nSPS) is 11.2. The number of aromatic nitrogens is 4. The molecule has 154 valence electrons. The molecule has 0 aliphatic rings. The number of carbonyl (C=O) groups excluding carboxylic acids is 1. The Hall–Kier alpha value is -2.91. The van der Waals surface area contributed by atoms with E-state index in [1.54, 1.807) is 17.7 Å². The highest BCUT2D eigenvalue weighted by Gasteiger charge is 2.15. The minimum Gasteiger partial charge on any atom is -0.359 e. The maximum Gasteiger partial charge on any atom is 0.227 e. The Morgan fingerprint density at radius 2 is 1.93 bits per heavy atom. The van der Waals surface area contributed by atoms with Gasteiger partial charge in [0.25, 0.3) is 0 Å². The number of rotatable bonds is 7. The Balaban J connectivity index is 1.44. The molecule has 1 aromatic carbocycles. The monoisotopic (exact) mass is 438 g/mol. The number of nitrogens with one attached hydrogen (secondary N) is 1. The average Bonchev–Trinajstić information content (AvgIpc) is 3.39. The molecule has 0 saturated carbocycles. The molecule has 4 rings (SSSR count). The molecule has 1 amide bonds. The number of anilines is 2. The third-order valence-electron chi connectivity index (χ3n) is 4.58. The summed E-state index contributed by atoms with van der Waals surface area (Å²) in [5.74, 6) is 1.03. The van der Waals surface area contributed by atoms with Crippen molar-refractivity contribution in [3.63, 3.8) is 0 Å². The molecule has 3 heterocycles. The summed E-state index contributed by atoms with van der Waals surface area (Å²) >= 11 is 3.06. The van der Waals surface area contributed by atoms with Gasteiger partial charge in [-0.3, -0.25) is 4.79 Å². The largest absolute Gasteiger partial charge is 0.359 e. The number of nitrogens with zero attached hydrogens (tertiary/aromatic N) is 5. The second-order valence-corrected chi connectivity index (χ2v) is 9.25. The first kappa shape index (κ1) is 20.4. The van der Waals surface area contributed by atoms with Gasteiger partial charge in [0.1, 0.15) is 22.0 Å². The van der Waals surface area contributed by atoms with E-state index < -0.39 is 0 Å². The van der Waals surface area contributed by atoms with E-state index in [2.05, 4.69) is 57.5 Å². The zero-order valence-electron chi connectivity index (χ0n) is 17.0. The van der Waals surface area contributed by atoms with Gasteiger partial charge in [0.05, 0.1) is 5.39 Å². The Bertz CT molecular complexity index is 1150. The van der Waals surface area contributed by atoms with Crippen molar-refractivity contribution >= 4 is 49.7 Å². The molecule has 0 radical (unpaired) electrons. The molecule has 1 N–H and O–H groups in total. The highest BCUT2D eigenvalue weighted by molar-refractivity contribution is 7.21. The summed E-state index contributed by atoms with van der Waals surface area (Å²) < 4.78 is 0. The van der Waals surface area contributed by atoms with Crippen LogP contribution in [-0.4, -0.2) is 39.7 Å². The van der Waals surface area contributed by atoms with Crippen molar-refractivity contribution in [2.45, 2.75) is 26.2 Å². The molecular formula is C21H22N6OS2. The van der Waals surface area contributed by atoms with Gasteiger partial charge >= 0.3 is 0 Å². The maximum atomic E-state index is 12.4. The number of benzene rings is 1. The molecule has 7 nitrogen and oxygen atoms in total. The van der Waals surface area contributed by atoms with Crippen molar-refractivity contribution in [3.8, 4) is 10.4 Å². The Kier molecular flexibility index (Phi) is 6.01. The molecular weight excluding hydrogens is 416 g/mol. The van der Waals surface area contributed by atoms with E-state index >= 15 is 0 Å². The summed E-state index contributed by atoms with van der Waals surface area (Å²) in [7, 11) is 1.94. The van der Waals surface area contributed by atoms with Crippen LogP contribution in [0.3, 0.4) is 0 Å². The van der Waals surface area contributed by atoms with Crippen LogP contribution < -0.4 is 10.2 Å². The smallest absolute Gasteiger partial charge is 0.227 e. The highest BCUT2D eigenvalue weighted by atomic mass is 32.1. The fraction of sp³-hybridized carbons (Fsp3) is 0.286. The van der Waals surface area contributed by atoms with E-state index in [0.29, 0.717) is 24.0 Å². The molecule has 3 aromatic heterocycles. The van der Waals surface area contributed by atoms with Gasteiger partial charge in [0, 0.05) is 30.8 Å². The molecule has 9 heteroatoms. The van der Waals surface area contributed by atoms with Gasteiger partial charge in [0.2, 0.25) is 11.0 Å². The molecule has 0 fully saturated rings. The van der Waals surface area contributed by atoms with Crippen LogP contribution in [0, 0.1) is 0 Å². The summed E-state index contributed by atoms with van der Waals surface area (Å²) in [6.07, 6.45) is 1.91. The van der Waals surface area contributed by atoms with Crippen molar-refractivity contribution in [2.24, 2.45) is 0 Å². The molecule has 0 bridgehead atoms. The topological polar surface area (TPSA) is 83.9 Å². The maximum absolute atomic E-state index is 12.4. The van der Waals surface area contributed by atoms with Crippen molar-refractivity contribution < 1.29 is 4.79 Å². The molecule has 0 spiro atoms. The Morgan fingerprint density at radius 1 is 1.13 bits per heavy atom. The predicted molar refractivity (Wildman–Crippen MR) is 123 cm³/mol. The predicted octanol–water partition coefficient (Wildman–Crippen LogP) is 4.80. The van der Waals surface area contributed by atoms with Crippen LogP contribution >= 0.6 is 22.7 Å². The first-order valence-electron chi connectivity index (χ1n) is 9.65. The third kappa shape index (κ3) is 4.47. The van der Waals surface area contributed by atoms with Crippen LogP contribution in [0.25, 0.3) is 20.7 Å². The van der Waals surface area contributed by atoms with Gasteiger partial charge in [-0.2, -0.15) is 0 Å². The van der Waals surface area contributed by atoms with Crippen molar-refractivity contribution in [2.75, 3.05) is 23.8 Å². The van der Waals surface area contributed by atoms with Gasteiger partial charge in [0.15, 0.2) is 0 Å². The summed E-state index contributed by atoms with van der Waals surface area (Å²) in [5, 5.41) is 13.4. The molecule has 0 atom stereocenters. The van der Waals surface area contributed by atoms with Gasteiger partial charge in [-0.05, 0) is 11.6 Å². The number of hydrogen-bond acceptors (Lipinski definition) is 8. The quantitative estimate of drug-likeness (QED) is 0.446. The van der Waals surface area contributed by atoms with Crippen LogP contribution in [0.2, 0.25) is 0 Å². The second kappa shape index (κ2) is 8.85. The third-order valence-corrected chi connectivity index (χ3v) is 6.81. The van der Waals surface area contributed by atoms with Gasteiger partial charge in [-0.15, -0.1) is 21.5 Å².